The fourth-order valence-electron chi connectivity index (χ4n) is 4.19. The van der Waals surface area contributed by atoms with Gasteiger partial charge in [-0.3, -0.25) is 9.79 Å². The number of aliphatic imine (C=N–C) groups is 1. The normalized spacial score (nSPS) is 20.4. The van der Waals surface area contributed by atoms with Crippen molar-refractivity contribution in [3.8, 4) is 6.07 Å². The van der Waals surface area contributed by atoms with Gasteiger partial charge in [0.2, 0.25) is 0 Å². The summed E-state index contributed by atoms with van der Waals surface area (Å²) in [6, 6.07) is 8.47. The zero-order valence-electron chi connectivity index (χ0n) is 19.2. The predicted molar refractivity (Wildman–Crippen MR) is 129 cm³/mol. The number of allylic oxidation sites excluding steroid dienone is 4. The highest BCUT2D eigenvalue weighted by molar-refractivity contribution is 9.11. The first-order chi connectivity index (χ1) is 15.6. The molecule has 2 aliphatic rings. The lowest BCUT2D eigenvalue weighted by molar-refractivity contribution is -0.157. The lowest BCUT2D eigenvalue weighted by atomic mass is 9.67. The number of rotatable bonds is 6. The molecule has 33 heavy (non-hydrogen) atoms. The van der Waals surface area contributed by atoms with Gasteiger partial charge < -0.3 is 14.8 Å². The van der Waals surface area contributed by atoms with Crippen LogP contribution in [-0.2, 0) is 24.5 Å². The summed E-state index contributed by atoms with van der Waals surface area (Å²) in [4.78, 5) is 31.1. The van der Waals surface area contributed by atoms with Gasteiger partial charge in [-0.05, 0) is 56.7 Å². The molecule has 1 N–H and O–H groups in total. The van der Waals surface area contributed by atoms with Crippen LogP contribution in [0.5, 0.6) is 0 Å². The molecule has 0 spiro atoms. The summed E-state index contributed by atoms with van der Waals surface area (Å²) in [7, 11) is 2.98. The number of nitriles is 1. The van der Waals surface area contributed by atoms with Crippen molar-refractivity contribution in [2.24, 2.45) is 4.99 Å². The van der Waals surface area contributed by atoms with E-state index in [0.29, 0.717) is 32.5 Å². The lowest BCUT2D eigenvalue weighted by Gasteiger charge is -2.36. The van der Waals surface area contributed by atoms with Gasteiger partial charge in [-0.25, -0.2) is 4.79 Å². The highest BCUT2D eigenvalue weighted by Crippen LogP contribution is 2.49. The number of likely N-dealkylation sites (N-methyl/N-ethyl adjacent to an activating group) is 1. The zero-order chi connectivity index (χ0) is 24.4. The maximum atomic E-state index is 13.6. The van der Waals surface area contributed by atoms with E-state index < -0.39 is 29.0 Å². The van der Waals surface area contributed by atoms with Gasteiger partial charge in [-0.15, -0.1) is 0 Å². The van der Waals surface area contributed by atoms with Crippen LogP contribution in [0.25, 0.3) is 0 Å². The molecule has 2 unspecified atom stereocenters. The maximum absolute atomic E-state index is 13.6. The van der Waals surface area contributed by atoms with Crippen molar-refractivity contribution < 1.29 is 19.1 Å². The van der Waals surface area contributed by atoms with E-state index in [1.807, 2.05) is 0 Å². The van der Waals surface area contributed by atoms with Gasteiger partial charge in [-0.2, -0.15) is 5.26 Å². The molecule has 7 nitrogen and oxygen atoms in total. The molecule has 1 heterocycles. The molecule has 2 atom stereocenters. The molecular formula is C25H26BrN3O4. The number of carbonyl (C=O) groups is 2. The Bertz CT molecular complexity index is 1150. The average molecular weight is 512 g/mol. The Morgan fingerprint density at radius 1 is 1.30 bits per heavy atom. The Balaban J connectivity index is 2.32. The first kappa shape index (κ1) is 24.6. The van der Waals surface area contributed by atoms with Crippen LogP contribution in [0.4, 0.5) is 0 Å². The van der Waals surface area contributed by atoms with E-state index in [4.69, 9.17) is 9.47 Å². The summed E-state index contributed by atoms with van der Waals surface area (Å²) in [6.45, 7) is 5.39. The van der Waals surface area contributed by atoms with Crippen LogP contribution in [0.1, 0.15) is 44.4 Å². The van der Waals surface area contributed by atoms with Crippen molar-refractivity contribution in [3.63, 3.8) is 0 Å². The standard InChI is InChI=1S/C25H26BrN3O4/c1-24(2,3)33-22(30)21(28-4)17-8-6-7-9-18(17)25(23(31)32-5)13-16(26)12-19-20(25)15(10-11-27)14-29-19/h6-9,12-14,21,28H,10H2,1-5H3. The largest absolute Gasteiger partial charge is 0.468 e. The number of esters is 2. The number of hydrogen-bond acceptors (Lipinski definition) is 7. The smallest absolute Gasteiger partial charge is 0.328 e. The topological polar surface area (TPSA) is 101 Å². The summed E-state index contributed by atoms with van der Waals surface area (Å²) in [5, 5.41) is 12.4. The van der Waals surface area contributed by atoms with Gasteiger partial charge in [0, 0.05) is 16.3 Å². The summed E-state index contributed by atoms with van der Waals surface area (Å²) in [5.41, 5.74) is 0.756. The van der Waals surface area contributed by atoms with E-state index in [1.54, 1.807) is 70.5 Å². The first-order valence-corrected chi connectivity index (χ1v) is 11.2. The van der Waals surface area contributed by atoms with Crippen molar-refractivity contribution in [2.75, 3.05) is 14.2 Å². The molecule has 0 aromatic heterocycles. The first-order valence-electron chi connectivity index (χ1n) is 10.4. The summed E-state index contributed by atoms with van der Waals surface area (Å²) < 4.78 is 11.6. The predicted octanol–water partition coefficient (Wildman–Crippen LogP) is 4.17. The van der Waals surface area contributed by atoms with Crippen LogP contribution in [-0.4, -0.2) is 37.9 Å². The minimum absolute atomic E-state index is 0.0735. The SMILES string of the molecule is CNC(C(=O)OC(C)(C)C)c1ccccc1C1(C(=O)OC)C=C(Br)C=C2N=CC(CC#N)=C21. The van der Waals surface area contributed by atoms with Crippen LogP contribution in [0.15, 0.2) is 62.7 Å². The summed E-state index contributed by atoms with van der Waals surface area (Å²) >= 11 is 3.51. The van der Waals surface area contributed by atoms with Crippen LogP contribution < -0.4 is 5.32 Å². The number of ether oxygens (including phenoxy) is 2. The Labute approximate surface area is 202 Å². The number of halogens is 1. The second kappa shape index (κ2) is 9.46. The Kier molecular flexibility index (Phi) is 7.06. The molecular weight excluding hydrogens is 486 g/mol. The number of nitrogens with zero attached hydrogens (tertiary/aromatic N) is 2. The number of nitrogens with one attached hydrogen (secondary N) is 1. The molecule has 172 valence electrons. The average Bonchev–Trinajstić information content (AvgIpc) is 3.15. The minimum atomic E-state index is -1.42. The zero-order valence-corrected chi connectivity index (χ0v) is 20.8. The second-order valence-electron chi connectivity index (χ2n) is 8.69. The highest BCUT2D eigenvalue weighted by atomic mass is 79.9. The minimum Gasteiger partial charge on any atom is -0.468 e. The molecule has 3 rings (SSSR count). The second-order valence-corrected chi connectivity index (χ2v) is 9.61. The molecule has 1 aromatic carbocycles. The fourth-order valence-corrected chi connectivity index (χ4v) is 4.75. The van der Waals surface area contributed by atoms with Crippen LogP contribution in [0.2, 0.25) is 0 Å². The van der Waals surface area contributed by atoms with Crippen molar-refractivity contribution in [2.45, 2.75) is 44.2 Å². The van der Waals surface area contributed by atoms with E-state index in [0.717, 1.165) is 0 Å². The Morgan fingerprint density at radius 2 is 2.00 bits per heavy atom. The highest BCUT2D eigenvalue weighted by Gasteiger charge is 2.50. The van der Waals surface area contributed by atoms with E-state index in [9.17, 15) is 14.9 Å². The van der Waals surface area contributed by atoms with Gasteiger partial charge >= 0.3 is 11.9 Å². The van der Waals surface area contributed by atoms with Gasteiger partial charge in [0.15, 0.2) is 0 Å². The molecule has 1 aliphatic heterocycles. The van der Waals surface area contributed by atoms with Gasteiger partial charge in [0.05, 0.1) is 25.3 Å². The van der Waals surface area contributed by atoms with Crippen LogP contribution >= 0.6 is 15.9 Å². The van der Waals surface area contributed by atoms with Crippen LogP contribution in [0, 0.1) is 11.3 Å². The Morgan fingerprint density at radius 3 is 2.61 bits per heavy atom. The summed E-state index contributed by atoms with van der Waals surface area (Å²) in [5.74, 6) is -1.02. The van der Waals surface area contributed by atoms with Crippen LogP contribution in [0.3, 0.4) is 0 Å². The number of methoxy groups -OCH3 is 1. The third kappa shape index (κ3) is 4.56. The third-order valence-electron chi connectivity index (χ3n) is 5.36. The van der Waals surface area contributed by atoms with Gasteiger partial charge in [0.1, 0.15) is 17.1 Å². The maximum Gasteiger partial charge on any atom is 0.328 e. The quantitative estimate of drug-likeness (QED) is 0.575. The fraction of sp³-hybridized carbons (Fsp3) is 0.360. The van der Waals surface area contributed by atoms with E-state index in [2.05, 4.69) is 32.3 Å². The molecule has 8 heteroatoms. The number of fused-ring (bicyclic) bond motifs is 1. The number of hydrogen-bond donors (Lipinski definition) is 1. The molecule has 1 aliphatic carbocycles. The lowest BCUT2D eigenvalue weighted by Crippen LogP contribution is -2.42. The number of carbonyl (C=O) groups excluding carboxylic acids is 2. The van der Waals surface area contributed by atoms with E-state index in [-0.39, 0.29) is 6.42 Å². The van der Waals surface area contributed by atoms with Gasteiger partial charge in [0.25, 0.3) is 0 Å². The molecule has 0 saturated carbocycles. The van der Waals surface area contributed by atoms with Gasteiger partial charge in [-0.1, -0.05) is 40.2 Å². The molecule has 0 radical (unpaired) electrons. The van der Waals surface area contributed by atoms with Crippen molar-refractivity contribution in [1.82, 2.24) is 5.32 Å². The molecule has 0 amide bonds. The molecule has 0 saturated heterocycles. The van der Waals surface area contributed by atoms with Crippen molar-refractivity contribution >= 4 is 34.1 Å². The molecule has 0 fully saturated rings. The summed E-state index contributed by atoms with van der Waals surface area (Å²) in [6.07, 6.45) is 5.21. The van der Waals surface area contributed by atoms with Crippen molar-refractivity contribution in [3.05, 3.63) is 68.9 Å². The molecule has 1 aromatic rings. The molecule has 0 bridgehead atoms. The van der Waals surface area contributed by atoms with Crippen molar-refractivity contribution in [1.29, 1.82) is 5.26 Å². The number of benzene rings is 1. The monoisotopic (exact) mass is 511 g/mol. The Hall–Kier alpha value is -3.02. The van der Waals surface area contributed by atoms with E-state index in [1.165, 1.54) is 7.11 Å². The third-order valence-corrected chi connectivity index (χ3v) is 5.82. The van der Waals surface area contributed by atoms with E-state index >= 15 is 0 Å².